The Kier molecular flexibility index (Phi) is 7.63. The van der Waals surface area contributed by atoms with Crippen molar-refractivity contribution in [1.29, 1.82) is 0 Å². The SMILES string of the molecule is CNC(C)CNC(=O)CSC(c1ccccc1)c1ccc(Cl)cc1. The summed E-state index contributed by atoms with van der Waals surface area (Å²) < 4.78 is 0. The molecule has 0 saturated heterocycles. The summed E-state index contributed by atoms with van der Waals surface area (Å²) in [7, 11) is 1.89. The highest BCUT2D eigenvalue weighted by Gasteiger charge is 2.16. The van der Waals surface area contributed by atoms with Crippen LogP contribution in [-0.2, 0) is 4.79 Å². The van der Waals surface area contributed by atoms with Crippen LogP contribution in [0.25, 0.3) is 0 Å². The number of thioether (sulfide) groups is 1. The predicted octanol–water partition coefficient (Wildman–Crippen LogP) is 3.89. The quantitative estimate of drug-likeness (QED) is 0.748. The second-order valence-electron chi connectivity index (χ2n) is 5.65. The van der Waals surface area contributed by atoms with Gasteiger partial charge in [0.05, 0.1) is 11.0 Å². The van der Waals surface area contributed by atoms with Crippen molar-refractivity contribution in [2.45, 2.75) is 18.2 Å². The lowest BCUT2D eigenvalue weighted by molar-refractivity contribution is -0.118. The van der Waals surface area contributed by atoms with E-state index in [1.54, 1.807) is 11.8 Å². The molecule has 0 fully saturated rings. The number of nitrogens with one attached hydrogen (secondary N) is 2. The molecule has 2 atom stereocenters. The standard InChI is InChI=1S/C19H23ClN2OS/c1-14(21-2)12-22-18(23)13-24-19(15-6-4-3-5-7-15)16-8-10-17(20)11-9-16/h3-11,14,19,21H,12-13H2,1-2H3,(H,22,23). The first kappa shape index (κ1) is 18.8. The van der Waals surface area contributed by atoms with Crippen molar-refractivity contribution in [3.05, 3.63) is 70.7 Å². The zero-order chi connectivity index (χ0) is 17.4. The largest absolute Gasteiger partial charge is 0.354 e. The van der Waals surface area contributed by atoms with Crippen LogP contribution >= 0.6 is 23.4 Å². The van der Waals surface area contributed by atoms with Crippen LogP contribution in [0.15, 0.2) is 54.6 Å². The zero-order valence-electron chi connectivity index (χ0n) is 14.0. The van der Waals surface area contributed by atoms with Crippen molar-refractivity contribution < 1.29 is 4.79 Å². The van der Waals surface area contributed by atoms with E-state index < -0.39 is 0 Å². The van der Waals surface area contributed by atoms with Gasteiger partial charge < -0.3 is 10.6 Å². The first-order chi connectivity index (χ1) is 11.6. The summed E-state index contributed by atoms with van der Waals surface area (Å²) in [6.45, 7) is 2.67. The van der Waals surface area contributed by atoms with E-state index >= 15 is 0 Å². The third kappa shape index (κ3) is 5.86. The van der Waals surface area contributed by atoms with E-state index in [2.05, 4.69) is 22.8 Å². The molecule has 0 aliphatic rings. The lowest BCUT2D eigenvalue weighted by Crippen LogP contribution is -2.38. The maximum atomic E-state index is 12.1. The van der Waals surface area contributed by atoms with Crippen molar-refractivity contribution in [2.24, 2.45) is 0 Å². The number of halogens is 1. The van der Waals surface area contributed by atoms with Gasteiger partial charge in [-0.05, 0) is 37.2 Å². The van der Waals surface area contributed by atoms with Gasteiger partial charge in [-0.1, -0.05) is 54.1 Å². The predicted molar refractivity (Wildman–Crippen MR) is 104 cm³/mol. The number of carbonyl (C=O) groups excluding carboxylic acids is 1. The average molecular weight is 363 g/mol. The van der Waals surface area contributed by atoms with Crippen LogP contribution in [-0.4, -0.2) is 31.3 Å². The van der Waals surface area contributed by atoms with Crippen molar-refractivity contribution >= 4 is 29.3 Å². The van der Waals surface area contributed by atoms with Gasteiger partial charge >= 0.3 is 0 Å². The topological polar surface area (TPSA) is 41.1 Å². The molecule has 128 valence electrons. The molecule has 0 aliphatic heterocycles. The Hall–Kier alpha value is -1.49. The molecular formula is C19H23ClN2OS. The normalized spacial score (nSPS) is 13.3. The van der Waals surface area contributed by atoms with Gasteiger partial charge in [-0.3, -0.25) is 4.79 Å². The van der Waals surface area contributed by atoms with E-state index in [0.717, 1.165) is 5.56 Å². The molecule has 5 heteroatoms. The van der Waals surface area contributed by atoms with E-state index in [0.29, 0.717) is 17.3 Å². The molecule has 3 nitrogen and oxygen atoms in total. The average Bonchev–Trinajstić information content (AvgIpc) is 2.62. The molecule has 2 unspecified atom stereocenters. The molecule has 0 spiro atoms. The smallest absolute Gasteiger partial charge is 0.230 e. The molecule has 2 rings (SSSR count). The van der Waals surface area contributed by atoms with Crippen LogP contribution in [0.2, 0.25) is 5.02 Å². The molecule has 1 amide bonds. The summed E-state index contributed by atoms with van der Waals surface area (Å²) in [4.78, 5) is 12.1. The number of rotatable bonds is 8. The summed E-state index contributed by atoms with van der Waals surface area (Å²) in [6, 6.07) is 18.3. The van der Waals surface area contributed by atoms with Crippen LogP contribution in [0, 0.1) is 0 Å². The minimum absolute atomic E-state index is 0.0528. The number of carbonyl (C=O) groups is 1. The summed E-state index contributed by atoms with van der Waals surface area (Å²) >= 11 is 7.62. The first-order valence-electron chi connectivity index (χ1n) is 7.96. The summed E-state index contributed by atoms with van der Waals surface area (Å²) in [5.74, 6) is 0.468. The highest BCUT2D eigenvalue weighted by atomic mass is 35.5. The minimum Gasteiger partial charge on any atom is -0.354 e. The summed E-state index contributed by atoms with van der Waals surface area (Å²) in [5, 5.41) is 6.89. The van der Waals surface area contributed by atoms with Gasteiger partial charge in [-0.2, -0.15) is 0 Å². The second-order valence-corrected chi connectivity index (χ2v) is 7.18. The fourth-order valence-corrected chi connectivity index (χ4v) is 3.47. The van der Waals surface area contributed by atoms with Gasteiger partial charge in [0.1, 0.15) is 0 Å². The molecule has 24 heavy (non-hydrogen) atoms. The van der Waals surface area contributed by atoms with Crippen LogP contribution in [0.3, 0.4) is 0 Å². The molecule has 2 N–H and O–H groups in total. The van der Waals surface area contributed by atoms with Gasteiger partial charge in [-0.25, -0.2) is 0 Å². The van der Waals surface area contributed by atoms with Crippen molar-refractivity contribution in [3.63, 3.8) is 0 Å². The van der Waals surface area contributed by atoms with E-state index in [-0.39, 0.29) is 17.2 Å². The van der Waals surface area contributed by atoms with Crippen LogP contribution < -0.4 is 10.6 Å². The third-order valence-corrected chi connectivity index (χ3v) is 5.31. The molecule has 2 aromatic carbocycles. The Balaban J connectivity index is 2.04. The highest BCUT2D eigenvalue weighted by Crippen LogP contribution is 2.35. The third-order valence-electron chi connectivity index (χ3n) is 3.75. The van der Waals surface area contributed by atoms with Gasteiger partial charge in [0, 0.05) is 17.6 Å². The lowest BCUT2D eigenvalue weighted by Gasteiger charge is -2.18. The molecule has 0 bridgehead atoms. The highest BCUT2D eigenvalue weighted by molar-refractivity contribution is 8.00. The van der Waals surface area contributed by atoms with Crippen LogP contribution in [0.5, 0.6) is 0 Å². The Bertz CT molecular complexity index is 634. The van der Waals surface area contributed by atoms with Gasteiger partial charge in [-0.15, -0.1) is 11.8 Å². The van der Waals surface area contributed by atoms with E-state index in [4.69, 9.17) is 11.6 Å². The van der Waals surface area contributed by atoms with Gasteiger partial charge in [0.15, 0.2) is 0 Å². The van der Waals surface area contributed by atoms with Gasteiger partial charge in [0.2, 0.25) is 5.91 Å². The molecular weight excluding hydrogens is 340 g/mol. The number of hydrogen-bond acceptors (Lipinski definition) is 3. The van der Waals surface area contributed by atoms with E-state index in [1.807, 2.05) is 56.4 Å². The van der Waals surface area contributed by atoms with E-state index in [9.17, 15) is 4.79 Å². The molecule has 0 aliphatic carbocycles. The van der Waals surface area contributed by atoms with E-state index in [1.165, 1.54) is 5.56 Å². The van der Waals surface area contributed by atoms with Crippen LogP contribution in [0.4, 0.5) is 0 Å². The second kappa shape index (κ2) is 9.72. The monoisotopic (exact) mass is 362 g/mol. The Morgan fingerprint density at radius 1 is 1.08 bits per heavy atom. The van der Waals surface area contributed by atoms with Crippen molar-refractivity contribution in [2.75, 3.05) is 19.3 Å². The molecule has 0 aromatic heterocycles. The van der Waals surface area contributed by atoms with Crippen molar-refractivity contribution in [1.82, 2.24) is 10.6 Å². The number of hydrogen-bond donors (Lipinski definition) is 2. The van der Waals surface area contributed by atoms with Crippen molar-refractivity contribution in [3.8, 4) is 0 Å². The fourth-order valence-electron chi connectivity index (χ4n) is 2.23. The molecule has 0 radical (unpaired) electrons. The summed E-state index contributed by atoms with van der Waals surface area (Å²) in [5.41, 5.74) is 2.33. The molecule has 0 heterocycles. The maximum absolute atomic E-state index is 12.1. The Morgan fingerprint density at radius 2 is 1.71 bits per heavy atom. The number of benzene rings is 2. The van der Waals surface area contributed by atoms with Crippen LogP contribution in [0.1, 0.15) is 23.3 Å². The zero-order valence-corrected chi connectivity index (χ0v) is 15.5. The first-order valence-corrected chi connectivity index (χ1v) is 9.38. The lowest BCUT2D eigenvalue weighted by atomic mass is 10.0. The minimum atomic E-state index is 0.0528. The summed E-state index contributed by atoms with van der Waals surface area (Å²) in [6.07, 6.45) is 0. The number of likely N-dealkylation sites (N-methyl/N-ethyl adjacent to an activating group) is 1. The molecule has 2 aromatic rings. The van der Waals surface area contributed by atoms with Gasteiger partial charge in [0.25, 0.3) is 0 Å². The Labute approximate surface area is 153 Å². The maximum Gasteiger partial charge on any atom is 0.230 e. The Morgan fingerprint density at radius 3 is 2.33 bits per heavy atom. The number of amides is 1. The molecule has 0 saturated carbocycles. The fraction of sp³-hybridized carbons (Fsp3) is 0.316.